The monoisotopic (exact) mass is 392 g/mol. The van der Waals surface area contributed by atoms with Gasteiger partial charge in [-0.25, -0.2) is 9.78 Å². The number of fused-ring (bicyclic) bond motifs is 1. The lowest BCUT2D eigenvalue weighted by atomic mass is 10.1. The molecule has 2 aromatic carbocycles. The summed E-state index contributed by atoms with van der Waals surface area (Å²) in [5.74, 6) is 0.561. The maximum atomic E-state index is 12.9. The van der Waals surface area contributed by atoms with Gasteiger partial charge in [0.05, 0.1) is 6.61 Å². The summed E-state index contributed by atoms with van der Waals surface area (Å²) in [7, 11) is 0. The molecule has 1 heterocycles. The van der Waals surface area contributed by atoms with Crippen LogP contribution in [0.4, 0.5) is 0 Å². The van der Waals surface area contributed by atoms with Crippen LogP contribution >= 0.6 is 11.8 Å². The van der Waals surface area contributed by atoms with Crippen molar-refractivity contribution in [3.63, 3.8) is 0 Å². The predicted octanol–water partition coefficient (Wildman–Crippen LogP) is 4.33. The highest BCUT2D eigenvalue weighted by Gasteiger charge is 2.34. The number of nitrogens with zero attached hydrogens (tertiary/aromatic N) is 2. The third kappa shape index (κ3) is 3.60. The van der Waals surface area contributed by atoms with Crippen molar-refractivity contribution in [3.05, 3.63) is 83.4 Å². The molecule has 0 N–H and O–H groups in total. The van der Waals surface area contributed by atoms with E-state index in [1.165, 1.54) is 11.8 Å². The molecular formula is C22H20N2O3S. The van der Waals surface area contributed by atoms with E-state index in [2.05, 4.69) is 23.2 Å². The quantitative estimate of drug-likeness (QED) is 0.461. The Hall–Kier alpha value is -2.86. The molecule has 1 aliphatic rings. The fourth-order valence-electron chi connectivity index (χ4n) is 3.43. The minimum absolute atomic E-state index is 0.0122. The highest BCUT2D eigenvalue weighted by atomic mass is 32.2. The van der Waals surface area contributed by atoms with E-state index in [1.54, 1.807) is 29.4 Å². The normalized spacial score (nSPS) is 15.5. The molecule has 6 heteroatoms. The summed E-state index contributed by atoms with van der Waals surface area (Å²) in [4.78, 5) is 30.2. The zero-order valence-corrected chi connectivity index (χ0v) is 16.3. The molecule has 1 unspecified atom stereocenters. The second kappa shape index (κ2) is 8.02. The number of Topliss-reactive ketones (excluding diaryl/α,β-unsaturated/α-hetero) is 1. The van der Waals surface area contributed by atoms with Gasteiger partial charge >= 0.3 is 5.97 Å². The Balaban J connectivity index is 1.53. The van der Waals surface area contributed by atoms with Gasteiger partial charge < -0.3 is 9.30 Å². The molecule has 0 radical (unpaired) electrons. The second-order valence-electron chi connectivity index (χ2n) is 6.56. The van der Waals surface area contributed by atoms with Crippen LogP contribution in [-0.4, -0.2) is 27.9 Å². The van der Waals surface area contributed by atoms with Gasteiger partial charge in [-0.3, -0.25) is 4.79 Å². The number of esters is 1. The van der Waals surface area contributed by atoms with Gasteiger partial charge in [-0.15, -0.1) is 11.8 Å². The number of ketones is 1. The predicted molar refractivity (Wildman–Crippen MR) is 108 cm³/mol. The van der Waals surface area contributed by atoms with Gasteiger partial charge in [0, 0.05) is 35.0 Å². The van der Waals surface area contributed by atoms with Crippen LogP contribution in [0.2, 0.25) is 0 Å². The van der Waals surface area contributed by atoms with Crippen LogP contribution in [0, 0.1) is 0 Å². The van der Waals surface area contributed by atoms with Gasteiger partial charge in [-0.2, -0.15) is 0 Å². The van der Waals surface area contributed by atoms with Gasteiger partial charge in [0.25, 0.3) is 0 Å². The molecule has 1 aliphatic carbocycles. The summed E-state index contributed by atoms with van der Waals surface area (Å²) >= 11 is 1.75. The third-order valence-corrected chi connectivity index (χ3v) is 5.83. The number of rotatable bonds is 6. The Bertz CT molecular complexity index is 1010. The maximum absolute atomic E-state index is 12.9. The molecule has 0 saturated carbocycles. The van der Waals surface area contributed by atoms with Crippen molar-refractivity contribution in [1.29, 1.82) is 0 Å². The van der Waals surface area contributed by atoms with Crippen molar-refractivity contribution in [3.8, 4) is 0 Å². The van der Waals surface area contributed by atoms with Crippen molar-refractivity contribution >= 4 is 23.5 Å². The van der Waals surface area contributed by atoms with E-state index < -0.39 is 12.0 Å². The summed E-state index contributed by atoms with van der Waals surface area (Å²) in [6.45, 7) is 2.02. The van der Waals surface area contributed by atoms with Crippen LogP contribution in [-0.2, 0) is 16.9 Å². The van der Waals surface area contributed by atoms with Crippen LogP contribution in [0.3, 0.4) is 0 Å². The number of imidazole rings is 1. The van der Waals surface area contributed by atoms with E-state index in [0.717, 1.165) is 21.8 Å². The first-order chi connectivity index (χ1) is 13.7. The Morgan fingerprint density at radius 2 is 2.07 bits per heavy atom. The molecule has 0 saturated heterocycles. The third-order valence-electron chi connectivity index (χ3n) is 4.77. The zero-order valence-electron chi connectivity index (χ0n) is 15.5. The number of thioether (sulfide) groups is 1. The largest absolute Gasteiger partial charge is 0.460 e. The average Bonchev–Trinajstić information content (AvgIpc) is 3.32. The number of benzene rings is 2. The first-order valence-corrected chi connectivity index (χ1v) is 10.2. The first kappa shape index (κ1) is 18.5. The van der Waals surface area contributed by atoms with Crippen LogP contribution in [0.25, 0.3) is 0 Å². The maximum Gasteiger partial charge on any atom is 0.374 e. The molecule has 28 heavy (non-hydrogen) atoms. The van der Waals surface area contributed by atoms with Crippen molar-refractivity contribution in [2.24, 2.45) is 0 Å². The molecule has 3 aromatic rings. The molecule has 142 valence electrons. The molecule has 0 spiro atoms. The lowest BCUT2D eigenvalue weighted by Gasteiger charge is -2.12. The van der Waals surface area contributed by atoms with E-state index in [0.29, 0.717) is 6.42 Å². The average molecular weight is 392 g/mol. The van der Waals surface area contributed by atoms with Crippen molar-refractivity contribution in [2.75, 3.05) is 6.61 Å². The molecule has 0 aliphatic heterocycles. The smallest absolute Gasteiger partial charge is 0.374 e. The number of hydrogen-bond acceptors (Lipinski definition) is 5. The molecule has 1 aromatic heterocycles. The van der Waals surface area contributed by atoms with E-state index in [9.17, 15) is 9.59 Å². The summed E-state index contributed by atoms with van der Waals surface area (Å²) in [5.41, 5.74) is 2.99. The minimum atomic E-state index is -0.504. The fourth-order valence-corrected chi connectivity index (χ4v) is 4.35. The lowest BCUT2D eigenvalue weighted by molar-refractivity contribution is 0.0504. The van der Waals surface area contributed by atoms with Crippen LogP contribution < -0.4 is 0 Å². The Labute approximate surface area is 167 Å². The molecule has 5 nitrogen and oxygen atoms in total. The summed E-state index contributed by atoms with van der Waals surface area (Å²) in [6, 6.07) is 15.8. The van der Waals surface area contributed by atoms with Gasteiger partial charge in [-0.05, 0) is 36.2 Å². The van der Waals surface area contributed by atoms with E-state index in [-0.39, 0.29) is 18.2 Å². The fraction of sp³-hybridized carbons (Fsp3) is 0.227. The van der Waals surface area contributed by atoms with Crippen molar-refractivity contribution in [2.45, 2.75) is 30.0 Å². The van der Waals surface area contributed by atoms with Crippen LogP contribution in [0.1, 0.15) is 45.1 Å². The van der Waals surface area contributed by atoms with Gasteiger partial charge in [0.2, 0.25) is 5.82 Å². The molecule has 0 amide bonds. The van der Waals surface area contributed by atoms with Gasteiger partial charge in [0.1, 0.15) is 6.04 Å². The van der Waals surface area contributed by atoms with Gasteiger partial charge in [0.15, 0.2) is 5.78 Å². The highest BCUT2D eigenvalue weighted by molar-refractivity contribution is 7.98. The number of aromatic nitrogens is 2. The molecular weight excluding hydrogens is 372 g/mol. The Morgan fingerprint density at radius 1 is 1.25 bits per heavy atom. The summed E-state index contributed by atoms with van der Waals surface area (Å²) < 4.78 is 6.69. The lowest BCUT2D eigenvalue weighted by Crippen LogP contribution is -2.21. The molecule has 4 rings (SSSR count). The van der Waals surface area contributed by atoms with Gasteiger partial charge in [-0.1, -0.05) is 30.3 Å². The highest BCUT2D eigenvalue weighted by Crippen LogP contribution is 2.34. The molecule has 0 bridgehead atoms. The second-order valence-corrected chi connectivity index (χ2v) is 7.60. The van der Waals surface area contributed by atoms with Crippen molar-refractivity contribution in [1.82, 2.24) is 9.55 Å². The van der Waals surface area contributed by atoms with E-state index >= 15 is 0 Å². The minimum Gasteiger partial charge on any atom is -0.460 e. The standard InChI is InChI=1S/C22H20N2O3S/c1-2-27-22(26)21-23-10-11-24(21)19-13-16-12-17(8-9-18(16)20(19)25)28-14-15-6-4-3-5-7-15/h3-12,19H,2,13-14H2,1H3. The van der Waals surface area contributed by atoms with Crippen molar-refractivity contribution < 1.29 is 14.3 Å². The van der Waals surface area contributed by atoms with E-state index in [1.807, 2.05) is 30.3 Å². The van der Waals surface area contributed by atoms with Crippen LogP contribution in [0.5, 0.6) is 0 Å². The Kier molecular flexibility index (Phi) is 5.30. The number of carbonyl (C=O) groups excluding carboxylic acids is 2. The summed E-state index contributed by atoms with van der Waals surface area (Å²) in [5, 5.41) is 0. The number of ether oxygens (including phenoxy) is 1. The molecule has 1 atom stereocenters. The summed E-state index contributed by atoms with van der Waals surface area (Å²) in [6.07, 6.45) is 3.76. The van der Waals surface area contributed by atoms with E-state index in [4.69, 9.17) is 4.74 Å². The zero-order chi connectivity index (χ0) is 19.5. The SMILES string of the molecule is CCOC(=O)c1nccn1C1Cc2cc(SCc3ccccc3)ccc2C1=O. The molecule has 0 fully saturated rings. The first-order valence-electron chi connectivity index (χ1n) is 9.21. The topological polar surface area (TPSA) is 61.2 Å². The number of carbonyl (C=O) groups is 2. The van der Waals surface area contributed by atoms with Crippen LogP contribution in [0.15, 0.2) is 65.8 Å². The number of hydrogen-bond donors (Lipinski definition) is 0. The Morgan fingerprint density at radius 3 is 2.86 bits per heavy atom.